The molecule has 3 nitrogen and oxygen atoms in total. The molecule has 0 amide bonds. The summed E-state index contributed by atoms with van der Waals surface area (Å²) in [5.41, 5.74) is 2.86. The molecule has 0 saturated carbocycles. The lowest BCUT2D eigenvalue weighted by Gasteiger charge is -2.24. The third-order valence-electron chi connectivity index (χ3n) is 4.26. The van der Waals surface area contributed by atoms with E-state index in [2.05, 4.69) is 41.0 Å². The summed E-state index contributed by atoms with van der Waals surface area (Å²) in [5.74, 6) is 2.23. The Hall–Kier alpha value is -1.94. The van der Waals surface area contributed by atoms with Gasteiger partial charge in [0.05, 0.1) is 5.39 Å². The van der Waals surface area contributed by atoms with Gasteiger partial charge < -0.3 is 5.32 Å². The lowest BCUT2D eigenvalue weighted by molar-refractivity contribution is 0.593. The van der Waals surface area contributed by atoms with E-state index >= 15 is 0 Å². The van der Waals surface area contributed by atoms with Gasteiger partial charge in [-0.15, -0.1) is 11.3 Å². The number of rotatable bonds is 2. The number of aromatic nitrogens is 2. The third kappa shape index (κ3) is 2.10. The van der Waals surface area contributed by atoms with Gasteiger partial charge in [-0.1, -0.05) is 24.3 Å². The second-order valence-electron chi connectivity index (χ2n) is 5.46. The van der Waals surface area contributed by atoms with Crippen LogP contribution < -0.4 is 5.32 Å². The number of nitrogens with one attached hydrogen (secondary N) is 1. The average molecular weight is 295 g/mol. The van der Waals surface area contributed by atoms with Crippen LogP contribution in [0.5, 0.6) is 0 Å². The van der Waals surface area contributed by atoms with Crippen molar-refractivity contribution in [3.8, 4) is 0 Å². The van der Waals surface area contributed by atoms with E-state index in [1.165, 1.54) is 24.0 Å². The van der Waals surface area contributed by atoms with E-state index in [1.54, 1.807) is 11.3 Å². The normalized spacial score (nSPS) is 17.7. The molecule has 0 bridgehead atoms. The summed E-state index contributed by atoms with van der Waals surface area (Å²) < 4.78 is 0. The first-order chi connectivity index (χ1) is 10.4. The smallest absolute Gasteiger partial charge is 0.139 e. The highest BCUT2D eigenvalue weighted by Gasteiger charge is 2.24. The molecule has 4 heteroatoms. The Labute approximate surface area is 128 Å². The van der Waals surface area contributed by atoms with Crippen molar-refractivity contribution in [2.75, 3.05) is 12.4 Å². The van der Waals surface area contributed by atoms with Crippen molar-refractivity contribution in [2.24, 2.45) is 0 Å². The lowest BCUT2D eigenvalue weighted by Crippen LogP contribution is -2.14. The molecule has 0 fully saturated rings. The number of hydrogen-bond acceptors (Lipinski definition) is 4. The summed E-state index contributed by atoms with van der Waals surface area (Å²) in [4.78, 5) is 10.7. The highest BCUT2D eigenvalue weighted by molar-refractivity contribution is 7.16. The van der Waals surface area contributed by atoms with Gasteiger partial charge in [-0.2, -0.15) is 0 Å². The van der Waals surface area contributed by atoms with Crippen LogP contribution in [0.25, 0.3) is 10.2 Å². The number of anilines is 1. The largest absolute Gasteiger partial charge is 0.372 e. The van der Waals surface area contributed by atoms with Crippen molar-refractivity contribution in [3.05, 3.63) is 52.7 Å². The van der Waals surface area contributed by atoms with E-state index < -0.39 is 0 Å². The van der Waals surface area contributed by atoms with Crippen molar-refractivity contribution in [1.29, 1.82) is 0 Å². The fourth-order valence-electron chi connectivity index (χ4n) is 3.24. The minimum absolute atomic E-state index is 0.327. The van der Waals surface area contributed by atoms with E-state index in [1.807, 2.05) is 7.05 Å². The third-order valence-corrected chi connectivity index (χ3v) is 5.07. The minimum atomic E-state index is 0.327. The molecule has 1 unspecified atom stereocenters. The molecule has 0 aliphatic heterocycles. The molecule has 21 heavy (non-hydrogen) atoms. The molecule has 1 N–H and O–H groups in total. The summed E-state index contributed by atoms with van der Waals surface area (Å²) >= 11 is 1.69. The fourth-order valence-corrected chi connectivity index (χ4v) is 4.01. The topological polar surface area (TPSA) is 37.8 Å². The molecule has 2 heterocycles. The SMILES string of the molecule is CNc1nc(C2CCCc3ccccc32)nc2sccc12. The van der Waals surface area contributed by atoms with Gasteiger partial charge in [-0.25, -0.2) is 9.97 Å². The number of fused-ring (bicyclic) bond motifs is 2. The maximum atomic E-state index is 4.83. The van der Waals surface area contributed by atoms with Gasteiger partial charge in [-0.05, 0) is 41.8 Å². The summed E-state index contributed by atoms with van der Waals surface area (Å²) in [6.07, 6.45) is 3.52. The monoisotopic (exact) mass is 295 g/mol. The Morgan fingerprint density at radius 2 is 2.10 bits per heavy atom. The second kappa shape index (κ2) is 5.11. The van der Waals surface area contributed by atoms with Gasteiger partial charge in [0, 0.05) is 13.0 Å². The van der Waals surface area contributed by atoms with Crippen LogP contribution >= 0.6 is 11.3 Å². The molecule has 3 aromatic rings. The molecule has 1 atom stereocenters. The first kappa shape index (κ1) is 12.8. The molecule has 2 aromatic heterocycles. The van der Waals surface area contributed by atoms with Gasteiger partial charge in [0.25, 0.3) is 0 Å². The minimum Gasteiger partial charge on any atom is -0.372 e. The summed E-state index contributed by atoms with van der Waals surface area (Å²) in [7, 11) is 1.93. The Morgan fingerprint density at radius 1 is 1.19 bits per heavy atom. The van der Waals surface area contributed by atoms with Gasteiger partial charge in [0.15, 0.2) is 0 Å². The molecular formula is C17H17N3S. The maximum absolute atomic E-state index is 4.83. The van der Waals surface area contributed by atoms with Crippen LogP contribution in [0, 0.1) is 0 Å². The van der Waals surface area contributed by atoms with Gasteiger partial charge in [0.2, 0.25) is 0 Å². The van der Waals surface area contributed by atoms with Crippen LogP contribution in [0.15, 0.2) is 35.7 Å². The first-order valence-corrected chi connectivity index (χ1v) is 8.25. The molecule has 1 aliphatic carbocycles. The Kier molecular flexibility index (Phi) is 3.11. The molecule has 1 aliphatic rings. The Balaban J connectivity index is 1.87. The highest BCUT2D eigenvalue weighted by Crippen LogP contribution is 2.37. The van der Waals surface area contributed by atoms with E-state index in [-0.39, 0.29) is 0 Å². The Bertz CT molecular complexity index is 794. The van der Waals surface area contributed by atoms with E-state index in [9.17, 15) is 0 Å². The lowest BCUT2D eigenvalue weighted by atomic mass is 9.82. The standard InChI is InChI=1S/C17H17N3S/c1-18-15-14-9-10-21-17(14)20-16(19-15)13-8-4-6-11-5-2-3-7-12(11)13/h2-3,5,7,9-10,13H,4,6,8H2,1H3,(H,18,19,20). The van der Waals surface area contributed by atoms with Crippen LogP contribution in [0.1, 0.15) is 35.7 Å². The molecule has 1 aromatic carbocycles. The number of thiophene rings is 1. The zero-order chi connectivity index (χ0) is 14.2. The summed E-state index contributed by atoms with van der Waals surface area (Å²) in [5, 5.41) is 6.42. The van der Waals surface area contributed by atoms with Crippen molar-refractivity contribution in [3.63, 3.8) is 0 Å². The number of benzene rings is 1. The number of aryl methyl sites for hydroxylation is 1. The predicted octanol–water partition coefficient (Wildman–Crippen LogP) is 4.20. The number of hydrogen-bond donors (Lipinski definition) is 1. The van der Waals surface area contributed by atoms with Crippen molar-refractivity contribution >= 4 is 27.4 Å². The summed E-state index contributed by atoms with van der Waals surface area (Å²) in [6.45, 7) is 0. The molecule has 0 saturated heterocycles. The van der Waals surface area contributed by atoms with Crippen LogP contribution in [-0.2, 0) is 6.42 Å². The fraction of sp³-hybridized carbons (Fsp3) is 0.294. The van der Waals surface area contributed by atoms with E-state index in [0.717, 1.165) is 28.3 Å². The van der Waals surface area contributed by atoms with Crippen LogP contribution in [-0.4, -0.2) is 17.0 Å². The first-order valence-electron chi connectivity index (χ1n) is 7.37. The average Bonchev–Trinajstić information content (AvgIpc) is 3.02. The molecular weight excluding hydrogens is 278 g/mol. The molecule has 106 valence electrons. The van der Waals surface area contributed by atoms with E-state index in [0.29, 0.717) is 5.92 Å². The van der Waals surface area contributed by atoms with Crippen molar-refractivity contribution in [2.45, 2.75) is 25.2 Å². The van der Waals surface area contributed by atoms with Crippen LogP contribution in [0.2, 0.25) is 0 Å². The zero-order valence-electron chi connectivity index (χ0n) is 12.0. The quantitative estimate of drug-likeness (QED) is 0.770. The molecule has 0 radical (unpaired) electrons. The van der Waals surface area contributed by atoms with Gasteiger partial charge in [-0.3, -0.25) is 0 Å². The predicted molar refractivity (Wildman–Crippen MR) is 88.2 cm³/mol. The highest BCUT2D eigenvalue weighted by atomic mass is 32.1. The summed E-state index contributed by atoms with van der Waals surface area (Å²) in [6, 6.07) is 10.8. The van der Waals surface area contributed by atoms with Gasteiger partial charge >= 0.3 is 0 Å². The zero-order valence-corrected chi connectivity index (χ0v) is 12.8. The van der Waals surface area contributed by atoms with Crippen LogP contribution in [0.3, 0.4) is 0 Å². The molecule has 0 spiro atoms. The molecule has 4 rings (SSSR count). The van der Waals surface area contributed by atoms with Crippen molar-refractivity contribution < 1.29 is 0 Å². The number of nitrogens with zero attached hydrogens (tertiary/aromatic N) is 2. The van der Waals surface area contributed by atoms with Gasteiger partial charge in [0.1, 0.15) is 16.5 Å². The van der Waals surface area contributed by atoms with E-state index in [4.69, 9.17) is 9.97 Å². The maximum Gasteiger partial charge on any atom is 0.139 e. The second-order valence-corrected chi connectivity index (χ2v) is 6.36. The Morgan fingerprint density at radius 3 is 3.00 bits per heavy atom. The van der Waals surface area contributed by atoms with Crippen LogP contribution in [0.4, 0.5) is 5.82 Å². The van der Waals surface area contributed by atoms with Crippen molar-refractivity contribution in [1.82, 2.24) is 9.97 Å².